The molecular weight excluding hydrogens is 685 g/mol. The lowest BCUT2D eigenvalue weighted by atomic mass is 10.1. The first-order valence-electron chi connectivity index (χ1n) is 22.1. The highest BCUT2D eigenvalue weighted by molar-refractivity contribution is 5.72. The van der Waals surface area contributed by atoms with Gasteiger partial charge in [-0.25, -0.2) is 0 Å². The van der Waals surface area contributed by atoms with E-state index in [9.17, 15) is 14.4 Å². The van der Waals surface area contributed by atoms with Crippen LogP contribution in [0.25, 0.3) is 0 Å². The number of hydrogen-bond donors (Lipinski definition) is 0. The molecule has 0 rings (SSSR count). The molecule has 6 nitrogen and oxygen atoms in total. The van der Waals surface area contributed by atoms with Gasteiger partial charge in [0.1, 0.15) is 13.2 Å². The first kappa shape index (κ1) is 51.6. The molecule has 0 N–H and O–H groups in total. The van der Waals surface area contributed by atoms with Crippen LogP contribution in [0.3, 0.4) is 0 Å². The molecule has 0 radical (unpaired) electrons. The van der Waals surface area contributed by atoms with Gasteiger partial charge in [0, 0.05) is 12.8 Å². The van der Waals surface area contributed by atoms with E-state index in [0.717, 1.165) is 96.3 Å². The Morgan fingerprint density at radius 1 is 0.400 bits per heavy atom. The number of carbonyl (C=O) groups is 3. The fourth-order valence-corrected chi connectivity index (χ4v) is 5.53. The third kappa shape index (κ3) is 41.6. The standard InChI is InChI=1S/C49H80O6/c1-4-7-10-13-16-19-22-23-24-25-28-30-33-36-39-42-48(51)54-45-46(55-49(52)43-40-37-34-31-27-21-18-15-12-9-6-3)44-53-47(50)41-38-35-32-29-26-20-17-14-11-8-5-2/h7,10,14-19,23-24,28,30,36,39,46H,4-6,8-9,11-13,20-22,25-27,29,31-35,37-38,40-45H2,1-3H3/b10-7-,17-14-,18-15-,19-16-,24-23-,30-28-,39-36-. The van der Waals surface area contributed by atoms with Gasteiger partial charge in [-0.1, -0.05) is 170 Å². The van der Waals surface area contributed by atoms with E-state index in [1.54, 1.807) is 6.08 Å². The van der Waals surface area contributed by atoms with Crippen molar-refractivity contribution in [3.8, 4) is 0 Å². The van der Waals surface area contributed by atoms with Crippen molar-refractivity contribution in [1.29, 1.82) is 0 Å². The summed E-state index contributed by atoms with van der Waals surface area (Å²) in [5, 5.41) is 0. The van der Waals surface area contributed by atoms with Crippen LogP contribution in [0.4, 0.5) is 0 Å². The van der Waals surface area contributed by atoms with Gasteiger partial charge in [-0.3, -0.25) is 14.4 Å². The Labute approximate surface area is 337 Å². The minimum Gasteiger partial charge on any atom is -0.462 e. The average molecular weight is 765 g/mol. The van der Waals surface area contributed by atoms with Gasteiger partial charge in [-0.05, 0) is 83.5 Å². The lowest BCUT2D eigenvalue weighted by Gasteiger charge is -2.18. The van der Waals surface area contributed by atoms with Crippen LogP contribution < -0.4 is 0 Å². The molecule has 0 saturated carbocycles. The van der Waals surface area contributed by atoms with E-state index in [-0.39, 0.29) is 31.6 Å². The maximum absolute atomic E-state index is 12.7. The summed E-state index contributed by atoms with van der Waals surface area (Å²) in [4.78, 5) is 37.6. The third-order valence-corrected chi connectivity index (χ3v) is 8.89. The second-order valence-electron chi connectivity index (χ2n) is 14.2. The van der Waals surface area contributed by atoms with Crippen LogP contribution in [0.2, 0.25) is 0 Å². The predicted molar refractivity (Wildman–Crippen MR) is 233 cm³/mol. The summed E-state index contributed by atoms with van der Waals surface area (Å²) < 4.78 is 16.6. The second kappa shape index (κ2) is 43.3. The Morgan fingerprint density at radius 2 is 0.782 bits per heavy atom. The molecule has 0 aliphatic heterocycles. The van der Waals surface area contributed by atoms with Crippen LogP contribution in [0, 0.1) is 0 Å². The van der Waals surface area contributed by atoms with Crippen molar-refractivity contribution in [2.45, 2.75) is 194 Å². The van der Waals surface area contributed by atoms with Gasteiger partial charge in [-0.2, -0.15) is 0 Å². The Hall–Kier alpha value is -3.41. The van der Waals surface area contributed by atoms with E-state index in [2.05, 4.69) is 93.7 Å². The molecule has 0 saturated heterocycles. The van der Waals surface area contributed by atoms with Crippen molar-refractivity contribution in [2.75, 3.05) is 13.2 Å². The van der Waals surface area contributed by atoms with Crippen molar-refractivity contribution in [2.24, 2.45) is 0 Å². The van der Waals surface area contributed by atoms with Gasteiger partial charge >= 0.3 is 17.9 Å². The summed E-state index contributed by atoms with van der Waals surface area (Å²) in [6.45, 7) is 6.31. The third-order valence-electron chi connectivity index (χ3n) is 8.89. The van der Waals surface area contributed by atoms with E-state index in [1.165, 1.54) is 51.4 Å². The summed E-state index contributed by atoms with van der Waals surface area (Å²) in [7, 11) is 0. The van der Waals surface area contributed by atoms with Gasteiger partial charge in [0.25, 0.3) is 0 Å². The summed E-state index contributed by atoms with van der Waals surface area (Å²) in [5.74, 6) is -1.08. The Balaban J connectivity index is 4.55. The maximum Gasteiger partial charge on any atom is 0.309 e. The highest BCUT2D eigenvalue weighted by atomic mass is 16.6. The average Bonchev–Trinajstić information content (AvgIpc) is 3.18. The monoisotopic (exact) mass is 765 g/mol. The van der Waals surface area contributed by atoms with Crippen LogP contribution in [-0.4, -0.2) is 37.2 Å². The van der Waals surface area contributed by atoms with Crippen molar-refractivity contribution in [3.05, 3.63) is 85.1 Å². The lowest BCUT2D eigenvalue weighted by Crippen LogP contribution is -2.30. The van der Waals surface area contributed by atoms with Crippen LogP contribution in [0.15, 0.2) is 85.1 Å². The molecule has 0 aliphatic rings. The van der Waals surface area contributed by atoms with E-state index < -0.39 is 12.1 Å². The first-order valence-corrected chi connectivity index (χ1v) is 22.1. The zero-order valence-corrected chi connectivity index (χ0v) is 35.4. The van der Waals surface area contributed by atoms with Crippen molar-refractivity contribution in [1.82, 2.24) is 0 Å². The molecule has 55 heavy (non-hydrogen) atoms. The van der Waals surface area contributed by atoms with Crippen LogP contribution in [-0.2, 0) is 28.6 Å². The number of carbonyl (C=O) groups excluding carboxylic acids is 3. The Kier molecular flexibility index (Phi) is 40.6. The smallest absolute Gasteiger partial charge is 0.309 e. The molecule has 6 heteroatoms. The molecule has 0 spiro atoms. The topological polar surface area (TPSA) is 78.9 Å². The number of allylic oxidation sites excluding steroid dienone is 13. The van der Waals surface area contributed by atoms with Crippen molar-refractivity contribution < 1.29 is 28.6 Å². The zero-order chi connectivity index (χ0) is 40.1. The van der Waals surface area contributed by atoms with Gasteiger partial charge in [-0.15, -0.1) is 0 Å². The highest BCUT2D eigenvalue weighted by Gasteiger charge is 2.19. The normalized spacial score (nSPS) is 12.9. The highest BCUT2D eigenvalue weighted by Crippen LogP contribution is 2.12. The number of unbranched alkanes of at least 4 members (excludes halogenated alkanes) is 14. The fraction of sp³-hybridized carbons (Fsp3) is 0.653. The molecule has 0 aromatic rings. The largest absolute Gasteiger partial charge is 0.462 e. The summed E-state index contributed by atoms with van der Waals surface area (Å²) in [5.41, 5.74) is 0. The van der Waals surface area contributed by atoms with E-state index in [1.807, 2.05) is 6.08 Å². The van der Waals surface area contributed by atoms with E-state index in [0.29, 0.717) is 12.8 Å². The molecule has 0 heterocycles. The Bertz CT molecular complexity index is 1110. The van der Waals surface area contributed by atoms with Crippen LogP contribution in [0.1, 0.15) is 188 Å². The van der Waals surface area contributed by atoms with Gasteiger partial charge in [0.15, 0.2) is 6.10 Å². The summed E-state index contributed by atoms with van der Waals surface area (Å²) in [6.07, 6.45) is 54.5. The van der Waals surface area contributed by atoms with E-state index in [4.69, 9.17) is 14.2 Å². The SMILES string of the molecule is CC/C=C\C/C=C\C/C=C\C/C=C\C/C=C\CC(=O)OCC(COC(=O)CCCCCCC/C=C\CCCC)OC(=O)CCCCCCC/C=C\CCCC. The van der Waals surface area contributed by atoms with Gasteiger partial charge in [0.2, 0.25) is 0 Å². The molecule has 0 aromatic heterocycles. The number of rotatable bonds is 38. The molecule has 0 aromatic carbocycles. The molecule has 0 bridgehead atoms. The fourth-order valence-electron chi connectivity index (χ4n) is 5.53. The number of ether oxygens (including phenoxy) is 3. The summed E-state index contributed by atoms with van der Waals surface area (Å²) in [6, 6.07) is 0. The first-order chi connectivity index (χ1) is 27.0. The molecule has 1 unspecified atom stereocenters. The molecule has 0 aliphatic carbocycles. The van der Waals surface area contributed by atoms with Crippen LogP contribution >= 0.6 is 0 Å². The van der Waals surface area contributed by atoms with Gasteiger partial charge in [0.05, 0.1) is 6.42 Å². The van der Waals surface area contributed by atoms with Crippen molar-refractivity contribution in [3.63, 3.8) is 0 Å². The maximum atomic E-state index is 12.7. The van der Waals surface area contributed by atoms with Crippen LogP contribution in [0.5, 0.6) is 0 Å². The molecular formula is C49H80O6. The lowest BCUT2D eigenvalue weighted by molar-refractivity contribution is -0.166. The minimum atomic E-state index is -0.821. The molecule has 0 amide bonds. The quantitative estimate of drug-likeness (QED) is 0.0270. The predicted octanol–water partition coefficient (Wildman–Crippen LogP) is 14.1. The van der Waals surface area contributed by atoms with Crippen molar-refractivity contribution >= 4 is 17.9 Å². The Morgan fingerprint density at radius 3 is 1.25 bits per heavy atom. The van der Waals surface area contributed by atoms with E-state index >= 15 is 0 Å². The molecule has 0 fully saturated rings. The van der Waals surface area contributed by atoms with Gasteiger partial charge < -0.3 is 14.2 Å². The second-order valence-corrected chi connectivity index (χ2v) is 14.2. The molecule has 1 atom stereocenters. The summed E-state index contributed by atoms with van der Waals surface area (Å²) >= 11 is 0. The zero-order valence-electron chi connectivity index (χ0n) is 35.4. The molecule has 312 valence electrons. The minimum absolute atomic E-state index is 0.115. The number of hydrogen-bond acceptors (Lipinski definition) is 6. The number of esters is 3.